The van der Waals surface area contributed by atoms with Gasteiger partial charge in [-0.15, -0.1) is 0 Å². The fourth-order valence-electron chi connectivity index (χ4n) is 1.31. The summed E-state index contributed by atoms with van der Waals surface area (Å²) in [6, 6.07) is 5.02. The van der Waals surface area contributed by atoms with Gasteiger partial charge in [0, 0.05) is 12.1 Å². The maximum absolute atomic E-state index is 12.0. The molecule has 0 aliphatic rings. The van der Waals surface area contributed by atoms with Gasteiger partial charge >= 0.3 is 0 Å². The van der Waals surface area contributed by atoms with Crippen LogP contribution in [0.3, 0.4) is 0 Å². The highest BCUT2D eigenvalue weighted by Crippen LogP contribution is 2.32. The quantitative estimate of drug-likeness (QED) is 0.879. The monoisotopic (exact) mass is 304 g/mol. The van der Waals surface area contributed by atoms with E-state index < -0.39 is 11.6 Å². The predicted molar refractivity (Wildman–Crippen MR) is 77.8 cm³/mol. The highest BCUT2D eigenvalue weighted by Gasteiger charge is 2.23. The van der Waals surface area contributed by atoms with E-state index >= 15 is 0 Å². The normalized spacial score (nSPS) is 12.9. The number of rotatable bonds is 5. The summed E-state index contributed by atoms with van der Waals surface area (Å²) in [5.41, 5.74) is 5.08. The van der Waals surface area contributed by atoms with Crippen LogP contribution in [0.5, 0.6) is 5.75 Å². The molecule has 4 nitrogen and oxygen atoms in total. The summed E-state index contributed by atoms with van der Waals surface area (Å²) in [4.78, 5) is 12.0. The van der Waals surface area contributed by atoms with Crippen molar-refractivity contribution in [1.29, 1.82) is 0 Å². The van der Waals surface area contributed by atoms with Crippen LogP contribution in [-0.4, -0.2) is 24.1 Å². The molecule has 0 radical (unpaired) electrons. The molecule has 1 atom stereocenters. The standard InChI is InChI=1S/C13H18Cl2N2O2/c1-8(12(18)17-13(2,3)7-16)19-10-6-4-5-9(14)11(10)15/h4-6,8H,7,16H2,1-3H3,(H,17,18). The van der Waals surface area contributed by atoms with Crippen LogP contribution in [0.4, 0.5) is 0 Å². The molecule has 1 aromatic rings. The highest BCUT2D eigenvalue weighted by molar-refractivity contribution is 6.42. The van der Waals surface area contributed by atoms with Gasteiger partial charge in [-0.1, -0.05) is 29.3 Å². The van der Waals surface area contributed by atoms with E-state index in [1.807, 2.05) is 13.8 Å². The van der Waals surface area contributed by atoms with Crippen LogP contribution in [0.2, 0.25) is 10.0 Å². The lowest BCUT2D eigenvalue weighted by molar-refractivity contribution is -0.128. The molecule has 0 aliphatic heterocycles. The number of carbonyl (C=O) groups excluding carboxylic acids is 1. The van der Waals surface area contributed by atoms with Crippen LogP contribution in [-0.2, 0) is 4.79 Å². The van der Waals surface area contributed by atoms with Crippen LogP contribution in [0.15, 0.2) is 18.2 Å². The Balaban J connectivity index is 2.72. The molecule has 6 heteroatoms. The molecule has 3 N–H and O–H groups in total. The first-order valence-electron chi connectivity index (χ1n) is 5.89. The van der Waals surface area contributed by atoms with E-state index in [0.717, 1.165) is 0 Å². The molecule has 0 aromatic heterocycles. The number of nitrogens with two attached hydrogens (primary N) is 1. The van der Waals surface area contributed by atoms with E-state index in [-0.39, 0.29) is 5.91 Å². The molecule has 0 saturated carbocycles. The molecule has 1 aromatic carbocycles. The second kappa shape index (κ2) is 6.46. The van der Waals surface area contributed by atoms with Crippen molar-refractivity contribution < 1.29 is 9.53 Å². The zero-order chi connectivity index (χ0) is 14.6. The van der Waals surface area contributed by atoms with Crippen molar-refractivity contribution in [3.8, 4) is 5.75 Å². The maximum Gasteiger partial charge on any atom is 0.261 e. The molecule has 0 heterocycles. The van der Waals surface area contributed by atoms with E-state index in [1.165, 1.54) is 0 Å². The molecule has 106 valence electrons. The molecule has 1 rings (SSSR count). The molecule has 0 saturated heterocycles. The molecular formula is C13H18Cl2N2O2. The Labute approximate surface area is 123 Å². The van der Waals surface area contributed by atoms with Gasteiger partial charge < -0.3 is 15.8 Å². The van der Waals surface area contributed by atoms with Crippen LogP contribution in [0, 0.1) is 0 Å². The summed E-state index contributed by atoms with van der Waals surface area (Å²) >= 11 is 11.9. The SMILES string of the molecule is CC(Oc1cccc(Cl)c1Cl)C(=O)NC(C)(C)CN. The van der Waals surface area contributed by atoms with Gasteiger partial charge in [-0.05, 0) is 32.9 Å². The van der Waals surface area contributed by atoms with Crippen molar-refractivity contribution in [1.82, 2.24) is 5.32 Å². The fraction of sp³-hybridized carbons (Fsp3) is 0.462. The van der Waals surface area contributed by atoms with Gasteiger partial charge in [0.1, 0.15) is 10.8 Å². The van der Waals surface area contributed by atoms with Crippen molar-refractivity contribution in [2.75, 3.05) is 6.54 Å². The third-order valence-corrected chi connectivity index (χ3v) is 3.36. The van der Waals surface area contributed by atoms with Crippen LogP contribution in [0.1, 0.15) is 20.8 Å². The Bertz CT molecular complexity index is 464. The minimum absolute atomic E-state index is 0.258. The molecule has 1 amide bonds. The Morgan fingerprint density at radius 3 is 2.68 bits per heavy atom. The summed E-state index contributed by atoms with van der Waals surface area (Å²) in [6.45, 7) is 5.65. The number of amides is 1. The smallest absolute Gasteiger partial charge is 0.261 e. The van der Waals surface area contributed by atoms with E-state index in [9.17, 15) is 4.79 Å². The first kappa shape index (κ1) is 16.1. The number of hydrogen-bond acceptors (Lipinski definition) is 3. The topological polar surface area (TPSA) is 64.3 Å². The summed E-state index contributed by atoms with van der Waals surface area (Å²) in [5, 5.41) is 3.47. The molecule has 1 unspecified atom stereocenters. The van der Waals surface area contributed by atoms with E-state index in [1.54, 1.807) is 25.1 Å². The van der Waals surface area contributed by atoms with Gasteiger partial charge in [0.15, 0.2) is 6.10 Å². The van der Waals surface area contributed by atoms with E-state index in [4.69, 9.17) is 33.7 Å². The number of carbonyl (C=O) groups is 1. The molecule has 0 aliphatic carbocycles. The van der Waals surface area contributed by atoms with E-state index in [2.05, 4.69) is 5.32 Å². The number of halogens is 2. The fourth-order valence-corrected chi connectivity index (χ4v) is 1.64. The molecule has 0 spiro atoms. The van der Waals surface area contributed by atoms with Crippen molar-refractivity contribution in [2.24, 2.45) is 5.73 Å². The summed E-state index contributed by atoms with van der Waals surface area (Å²) in [7, 11) is 0. The second-order valence-corrected chi connectivity index (χ2v) is 5.67. The van der Waals surface area contributed by atoms with Crippen molar-refractivity contribution in [3.63, 3.8) is 0 Å². The highest BCUT2D eigenvalue weighted by atomic mass is 35.5. The summed E-state index contributed by atoms with van der Waals surface area (Å²) in [6.07, 6.45) is -0.693. The lowest BCUT2D eigenvalue weighted by atomic mass is 10.1. The third kappa shape index (κ3) is 4.56. The van der Waals surface area contributed by atoms with Crippen molar-refractivity contribution >= 4 is 29.1 Å². The summed E-state index contributed by atoms with van der Waals surface area (Å²) < 4.78 is 5.51. The third-order valence-electron chi connectivity index (χ3n) is 2.56. The van der Waals surface area contributed by atoms with Gasteiger partial charge in [-0.2, -0.15) is 0 Å². The Hall–Kier alpha value is -0.970. The zero-order valence-corrected chi connectivity index (χ0v) is 12.7. The molecule has 0 bridgehead atoms. The number of benzene rings is 1. The van der Waals surface area contributed by atoms with Gasteiger partial charge in [-0.3, -0.25) is 4.79 Å². The van der Waals surface area contributed by atoms with Gasteiger partial charge in [0.05, 0.1) is 5.02 Å². The van der Waals surface area contributed by atoms with Crippen molar-refractivity contribution in [3.05, 3.63) is 28.2 Å². The van der Waals surface area contributed by atoms with E-state index in [0.29, 0.717) is 22.3 Å². The Morgan fingerprint density at radius 1 is 1.47 bits per heavy atom. The van der Waals surface area contributed by atoms with Crippen LogP contribution >= 0.6 is 23.2 Å². The lowest BCUT2D eigenvalue weighted by Gasteiger charge is -2.26. The molecule has 0 fully saturated rings. The first-order chi connectivity index (χ1) is 8.76. The molecular weight excluding hydrogens is 287 g/mol. The lowest BCUT2D eigenvalue weighted by Crippen LogP contribution is -2.52. The number of nitrogens with one attached hydrogen (secondary N) is 1. The zero-order valence-electron chi connectivity index (χ0n) is 11.2. The minimum Gasteiger partial charge on any atom is -0.479 e. The number of hydrogen-bond donors (Lipinski definition) is 2. The van der Waals surface area contributed by atoms with Crippen LogP contribution in [0.25, 0.3) is 0 Å². The number of ether oxygens (including phenoxy) is 1. The minimum atomic E-state index is -0.693. The second-order valence-electron chi connectivity index (χ2n) is 4.89. The maximum atomic E-state index is 12.0. The molecule has 19 heavy (non-hydrogen) atoms. The van der Waals surface area contributed by atoms with Gasteiger partial charge in [0.25, 0.3) is 5.91 Å². The van der Waals surface area contributed by atoms with Crippen molar-refractivity contribution in [2.45, 2.75) is 32.4 Å². The predicted octanol–water partition coefficient (Wildman–Crippen LogP) is 2.61. The Morgan fingerprint density at radius 2 is 2.11 bits per heavy atom. The first-order valence-corrected chi connectivity index (χ1v) is 6.65. The average molecular weight is 305 g/mol. The van der Waals surface area contributed by atoms with Gasteiger partial charge in [-0.25, -0.2) is 0 Å². The Kier molecular flexibility index (Phi) is 5.47. The van der Waals surface area contributed by atoms with Crippen LogP contribution < -0.4 is 15.8 Å². The summed E-state index contributed by atoms with van der Waals surface area (Å²) in [5.74, 6) is 0.119. The van der Waals surface area contributed by atoms with Gasteiger partial charge in [0.2, 0.25) is 0 Å². The largest absolute Gasteiger partial charge is 0.479 e. The average Bonchev–Trinajstić information content (AvgIpc) is 2.34.